The van der Waals surface area contributed by atoms with Gasteiger partial charge < -0.3 is 5.32 Å². The van der Waals surface area contributed by atoms with Crippen molar-refractivity contribution < 1.29 is 0 Å². The van der Waals surface area contributed by atoms with Crippen molar-refractivity contribution in [3.8, 4) is 0 Å². The molecule has 96 valence electrons. The molecule has 0 spiro atoms. The molecule has 1 heterocycles. The van der Waals surface area contributed by atoms with Crippen LogP contribution in [0.1, 0.15) is 60.8 Å². The highest BCUT2D eigenvalue weighted by atomic mass is 14.9. The molecule has 1 rings (SSSR count). The van der Waals surface area contributed by atoms with Gasteiger partial charge in [-0.25, -0.2) is 0 Å². The lowest BCUT2D eigenvalue weighted by molar-refractivity contribution is 1.02. The maximum Gasteiger partial charge on any atom is 0.0147 e. The van der Waals surface area contributed by atoms with Crippen LogP contribution in [0.5, 0.6) is 0 Å². The highest BCUT2D eigenvalue weighted by Gasteiger charge is 2.02. The quantitative estimate of drug-likeness (QED) is 0.587. The van der Waals surface area contributed by atoms with Crippen LogP contribution in [0, 0.1) is 0 Å². The first kappa shape index (κ1) is 20.4. The molecule has 0 aromatic rings. The average molecular weight is 225 g/mol. The number of hydrogen-bond acceptors (Lipinski definition) is 1. The summed E-state index contributed by atoms with van der Waals surface area (Å²) in [7, 11) is 0. The Hall–Kier alpha value is -0.980. The minimum Gasteiger partial charge on any atom is -0.365 e. The summed E-state index contributed by atoms with van der Waals surface area (Å²) in [5.41, 5.74) is 2.78. The molecule has 1 aliphatic rings. The predicted molar refractivity (Wildman–Crippen MR) is 78.5 cm³/mol. The maximum atomic E-state index is 3.21. The first-order valence-electron chi connectivity index (χ1n) is 6.35. The third-order valence-electron chi connectivity index (χ3n) is 1.42. The number of rotatable bonds is 1. The summed E-state index contributed by atoms with van der Waals surface area (Å²) >= 11 is 0. The van der Waals surface area contributed by atoms with E-state index in [0.29, 0.717) is 0 Å². The molecule has 1 heteroatoms. The van der Waals surface area contributed by atoms with Crippen molar-refractivity contribution in [2.24, 2.45) is 0 Å². The van der Waals surface area contributed by atoms with E-state index in [1.165, 1.54) is 17.7 Å². The molecule has 0 atom stereocenters. The standard InChI is InChI=1S/C8H13N.C3H8.C2H6.C2H4/c1-3-4-8-5-7(2)6-9-8;1-3-2;2*1-2/h4,6,9H,3,5H2,1-2H3;3H2,1-2H3;1-2H3;1-2H2/b8-4+;;;. The lowest BCUT2D eigenvalue weighted by Gasteiger charge is -1.94. The van der Waals surface area contributed by atoms with E-state index in [1.54, 1.807) is 0 Å². The van der Waals surface area contributed by atoms with E-state index in [2.05, 4.69) is 58.4 Å². The van der Waals surface area contributed by atoms with Crippen molar-refractivity contribution in [3.63, 3.8) is 0 Å². The molecule has 0 radical (unpaired) electrons. The fourth-order valence-electron chi connectivity index (χ4n) is 0.996. The van der Waals surface area contributed by atoms with Crippen molar-refractivity contribution in [1.82, 2.24) is 5.32 Å². The number of allylic oxidation sites excluding steroid dienone is 2. The summed E-state index contributed by atoms with van der Waals surface area (Å²) in [5.74, 6) is 0. The van der Waals surface area contributed by atoms with Crippen molar-refractivity contribution in [2.75, 3.05) is 0 Å². The summed E-state index contributed by atoms with van der Waals surface area (Å²) in [6.07, 6.45) is 7.80. The molecule has 0 unspecified atom stereocenters. The largest absolute Gasteiger partial charge is 0.365 e. The zero-order valence-electron chi connectivity index (χ0n) is 12.2. The van der Waals surface area contributed by atoms with Crippen LogP contribution in [-0.4, -0.2) is 0 Å². The fraction of sp³-hybridized carbons (Fsp3) is 0.600. The summed E-state index contributed by atoms with van der Waals surface area (Å²) in [6, 6.07) is 0. The number of nitrogens with one attached hydrogen (secondary N) is 1. The van der Waals surface area contributed by atoms with Gasteiger partial charge in [-0.3, -0.25) is 0 Å². The van der Waals surface area contributed by atoms with Gasteiger partial charge in [0.2, 0.25) is 0 Å². The minimum atomic E-state index is 1.12. The Balaban J connectivity index is -0.000000206. The molecular weight excluding hydrogens is 194 g/mol. The van der Waals surface area contributed by atoms with Crippen molar-refractivity contribution in [1.29, 1.82) is 0 Å². The summed E-state index contributed by atoms with van der Waals surface area (Å²) in [4.78, 5) is 0. The predicted octanol–water partition coefficient (Wildman–Crippen LogP) is 5.42. The van der Waals surface area contributed by atoms with Gasteiger partial charge in [-0.1, -0.05) is 52.7 Å². The SMILES string of the molecule is C=C.CC.CC/C=C1\CC(C)=CN1.CCC. The van der Waals surface area contributed by atoms with Crippen molar-refractivity contribution in [2.45, 2.75) is 60.8 Å². The van der Waals surface area contributed by atoms with Gasteiger partial charge >= 0.3 is 0 Å². The second-order valence-electron chi connectivity index (χ2n) is 3.16. The number of hydrogen-bond donors (Lipinski definition) is 1. The van der Waals surface area contributed by atoms with Crippen LogP contribution < -0.4 is 5.32 Å². The molecule has 1 N–H and O–H groups in total. The van der Waals surface area contributed by atoms with Gasteiger partial charge in [0.15, 0.2) is 0 Å². The van der Waals surface area contributed by atoms with E-state index in [0.717, 1.165) is 12.8 Å². The van der Waals surface area contributed by atoms with Crippen LogP contribution in [0.25, 0.3) is 0 Å². The van der Waals surface area contributed by atoms with Gasteiger partial charge in [0.05, 0.1) is 0 Å². The molecule has 1 nitrogen and oxygen atoms in total. The highest BCUT2D eigenvalue weighted by molar-refractivity contribution is 5.20. The van der Waals surface area contributed by atoms with Gasteiger partial charge in [0, 0.05) is 18.3 Å². The molecule has 0 amide bonds. The summed E-state index contributed by atoms with van der Waals surface area (Å²) in [5, 5.41) is 3.21. The smallest absolute Gasteiger partial charge is 0.0147 e. The van der Waals surface area contributed by atoms with Crippen LogP contribution in [0.3, 0.4) is 0 Å². The van der Waals surface area contributed by atoms with Crippen LogP contribution in [0.15, 0.2) is 36.7 Å². The fourth-order valence-corrected chi connectivity index (χ4v) is 0.996. The summed E-state index contributed by atoms with van der Waals surface area (Å²) in [6.45, 7) is 18.5. The first-order valence-corrected chi connectivity index (χ1v) is 6.35. The van der Waals surface area contributed by atoms with Crippen molar-refractivity contribution in [3.05, 3.63) is 36.7 Å². The second-order valence-corrected chi connectivity index (χ2v) is 3.16. The van der Waals surface area contributed by atoms with Gasteiger partial charge in [-0.2, -0.15) is 0 Å². The van der Waals surface area contributed by atoms with Gasteiger partial charge in [-0.15, -0.1) is 13.2 Å². The Morgan fingerprint density at radius 3 is 1.94 bits per heavy atom. The van der Waals surface area contributed by atoms with Crippen LogP contribution in [0.4, 0.5) is 0 Å². The molecule has 1 aliphatic heterocycles. The van der Waals surface area contributed by atoms with E-state index in [4.69, 9.17) is 0 Å². The second kappa shape index (κ2) is 19.6. The molecule has 0 aliphatic carbocycles. The Morgan fingerprint density at radius 1 is 1.25 bits per heavy atom. The van der Waals surface area contributed by atoms with Crippen LogP contribution in [0.2, 0.25) is 0 Å². The van der Waals surface area contributed by atoms with Crippen molar-refractivity contribution >= 4 is 0 Å². The minimum absolute atomic E-state index is 1.12. The maximum absolute atomic E-state index is 3.21. The molecule has 0 saturated heterocycles. The highest BCUT2D eigenvalue weighted by Crippen LogP contribution is 2.13. The molecule has 16 heavy (non-hydrogen) atoms. The van der Waals surface area contributed by atoms with E-state index < -0.39 is 0 Å². The van der Waals surface area contributed by atoms with Crippen LogP contribution >= 0.6 is 0 Å². The zero-order chi connectivity index (χ0) is 13.4. The third kappa shape index (κ3) is 15.5. The lowest BCUT2D eigenvalue weighted by Crippen LogP contribution is -1.95. The molecule has 0 fully saturated rings. The molecule has 0 saturated carbocycles. The van der Waals surface area contributed by atoms with E-state index in [1.807, 2.05) is 13.8 Å². The van der Waals surface area contributed by atoms with E-state index >= 15 is 0 Å². The zero-order valence-corrected chi connectivity index (χ0v) is 12.2. The van der Waals surface area contributed by atoms with Gasteiger partial charge in [0.25, 0.3) is 0 Å². The molecule has 0 aromatic heterocycles. The topological polar surface area (TPSA) is 12.0 Å². The lowest BCUT2D eigenvalue weighted by atomic mass is 10.2. The average Bonchev–Trinajstić information content (AvgIpc) is 2.72. The first-order chi connectivity index (χ1) is 7.74. The van der Waals surface area contributed by atoms with Gasteiger partial charge in [-0.05, 0) is 13.3 Å². The van der Waals surface area contributed by atoms with E-state index in [9.17, 15) is 0 Å². The molecule has 0 bridgehead atoms. The normalized spacial score (nSPS) is 14.1. The Bertz CT molecular complexity index is 178. The molecular formula is C15H31N. The monoisotopic (exact) mass is 225 g/mol. The van der Waals surface area contributed by atoms with E-state index in [-0.39, 0.29) is 0 Å². The van der Waals surface area contributed by atoms with Gasteiger partial charge in [0.1, 0.15) is 0 Å². The Labute approximate surface area is 103 Å². The Morgan fingerprint density at radius 2 is 1.69 bits per heavy atom. The van der Waals surface area contributed by atoms with Crippen LogP contribution in [-0.2, 0) is 0 Å². The third-order valence-corrected chi connectivity index (χ3v) is 1.42. The Kier molecular flexibility index (Phi) is 25.0. The summed E-state index contributed by atoms with van der Waals surface area (Å²) < 4.78 is 0. The molecule has 0 aromatic carbocycles.